The van der Waals surface area contributed by atoms with Crippen molar-refractivity contribution in [3.05, 3.63) is 30.1 Å². The van der Waals surface area contributed by atoms with Gasteiger partial charge in [0.05, 0.1) is 7.05 Å². The van der Waals surface area contributed by atoms with E-state index in [-0.39, 0.29) is 6.04 Å². The molecule has 0 fully saturated rings. The number of tetrazole rings is 1. The molecular formula is C9H13N7. The van der Waals surface area contributed by atoms with Gasteiger partial charge in [-0.25, -0.2) is 9.97 Å². The number of aryl methyl sites for hydroxylation is 1. The molecule has 7 heteroatoms. The zero-order chi connectivity index (χ0) is 11.4. The Balaban J connectivity index is 2.12. The molecule has 0 aliphatic carbocycles. The van der Waals surface area contributed by atoms with Gasteiger partial charge in [0.15, 0.2) is 5.82 Å². The number of nitrogens with zero attached hydrogens (tertiary/aromatic N) is 6. The van der Waals surface area contributed by atoms with Crippen LogP contribution in [0.15, 0.2) is 18.7 Å². The first-order valence-corrected chi connectivity index (χ1v) is 4.94. The zero-order valence-electron chi connectivity index (χ0n) is 9.20. The van der Waals surface area contributed by atoms with Crippen LogP contribution >= 0.6 is 0 Å². The third-order valence-corrected chi connectivity index (χ3v) is 2.27. The number of rotatable bonds is 4. The molecule has 0 bridgehead atoms. The Kier molecular flexibility index (Phi) is 3.16. The van der Waals surface area contributed by atoms with Gasteiger partial charge in [-0.05, 0) is 12.3 Å². The Morgan fingerprint density at radius 3 is 2.69 bits per heavy atom. The van der Waals surface area contributed by atoms with Crippen molar-refractivity contribution in [2.45, 2.75) is 12.5 Å². The maximum Gasteiger partial charge on any atom is 0.176 e. The summed E-state index contributed by atoms with van der Waals surface area (Å²) in [6, 6.07) is 0.102. The summed E-state index contributed by atoms with van der Waals surface area (Å²) in [5.74, 6) is 0.700. The van der Waals surface area contributed by atoms with E-state index in [1.54, 1.807) is 19.4 Å². The number of aromatic nitrogens is 6. The number of hydrogen-bond acceptors (Lipinski definition) is 6. The monoisotopic (exact) mass is 219 g/mol. The highest BCUT2D eigenvalue weighted by Crippen LogP contribution is 2.13. The molecule has 0 radical (unpaired) electrons. The van der Waals surface area contributed by atoms with E-state index in [1.807, 2.05) is 7.05 Å². The fourth-order valence-electron chi connectivity index (χ4n) is 1.46. The van der Waals surface area contributed by atoms with Crippen molar-refractivity contribution in [3.8, 4) is 0 Å². The highest BCUT2D eigenvalue weighted by Gasteiger charge is 2.13. The fourth-order valence-corrected chi connectivity index (χ4v) is 1.46. The molecule has 0 aliphatic heterocycles. The molecule has 1 unspecified atom stereocenters. The van der Waals surface area contributed by atoms with Crippen molar-refractivity contribution >= 4 is 0 Å². The van der Waals surface area contributed by atoms with E-state index in [0.717, 1.165) is 5.56 Å². The molecule has 0 saturated heterocycles. The molecule has 2 heterocycles. The smallest absolute Gasteiger partial charge is 0.176 e. The summed E-state index contributed by atoms with van der Waals surface area (Å²) >= 11 is 0. The molecule has 2 rings (SSSR count). The zero-order valence-corrected chi connectivity index (χ0v) is 9.20. The van der Waals surface area contributed by atoms with Gasteiger partial charge >= 0.3 is 0 Å². The van der Waals surface area contributed by atoms with Gasteiger partial charge in [-0.15, -0.1) is 10.2 Å². The Bertz CT molecular complexity index is 438. The van der Waals surface area contributed by atoms with Crippen LogP contribution in [-0.4, -0.2) is 37.2 Å². The van der Waals surface area contributed by atoms with Crippen LogP contribution in [-0.2, 0) is 13.5 Å². The number of hydrogen-bond donors (Lipinski definition) is 1. The number of likely N-dealkylation sites (N-methyl/N-ethyl adjacent to an activating group) is 1. The van der Waals surface area contributed by atoms with Gasteiger partial charge in [0.25, 0.3) is 0 Å². The minimum atomic E-state index is 0.102. The maximum atomic E-state index is 4.14. The Labute approximate surface area is 92.9 Å². The van der Waals surface area contributed by atoms with E-state index >= 15 is 0 Å². The van der Waals surface area contributed by atoms with Gasteiger partial charge in [0.1, 0.15) is 6.33 Å². The Hall–Kier alpha value is -1.89. The summed E-state index contributed by atoms with van der Waals surface area (Å²) in [5.41, 5.74) is 1.01. The summed E-state index contributed by atoms with van der Waals surface area (Å²) in [5, 5.41) is 15.1. The first-order valence-electron chi connectivity index (χ1n) is 4.94. The summed E-state index contributed by atoms with van der Waals surface area (Å²) in [4.78, 5) is 9.42. The highest BCUT2D eigenvalue weighted by atomic mass is 15.6. The lowest BCUT2D eigenvalue weighted by Crippen LogP contribution is -2.20. The molecule has 0 aliphatic rings. The van der Waals surface area contributed by atoms with Crippen molar-refractivity contribution in [1.29, 1.82) is 0 Å². The van der Waals surface area contributed by atoms with E-state index < -0.39 is 0 Å². The van der Waals surface area contributed by atoms with Crippen LogP contribution < -0.4 is 5.32 Å². The van der Waals surface area contributed by atoms with Crippen LogP contribution in [0.1, 0.15) is 17.4 Å². The molecule has 0 aromatic carbocycles. The third-order valence-electron chi connectivity index (χ3n) is 2.27. The van der Waals surface area contributed by atoms with Crippen molar-refractivity contribution in [2.24, 2.45) is 7.05 Å². The molecule has 84 valence electrons. The largest absolute Gasteiger partial charge is 0.313 e. The van der Waals surface area contributed by atoms with Gasteiger partial charge in [-0.1, -0.05) is 0 Å². The lowest BCUT2D eigenvalue weighted by molar-refractivity contribution is 0.566. The van der Waals surface area contributed by atoms with Gasteiger partial charge in [-0.3, -0.25) is 0 Å². The maximum absolute atomic E-state index is 4.14. The Morgan fingerprint density at radius 2 is 2.12 bits per heavy atom. The van der Waals surface area contributed by atoms with Crippen molar-refractivity contribution < 1.29 is 0 Å². The van der Waals surface area contributed by atoms with Crippen LogP contribution in [0.3, 0.4) is 0 Å². The van der Waals surface area contributed by atoms with Crippen molar-refractivity contribution in [3.63, 3.8) is 0 Å². The van der Waals surface area contributed by atoms with E-state index in [0.29, 0.717) is 12.2 Å². The Morgan fingerprint density at radius 1 is 1.38 bits per heavy atom. The third kappa shape index (κ3) is 2.37. The van der Waals surface area contributed by atoms with Crippen LogP contribution in [0.25, 0.3) is 0 Å². The van der Waals surface area contributed by atoms with E-state index in [1.165, 1.54) is 11.1 Å². The number of nitrogens with one attached hydrogen (secondary N) is 1. The first-order chi connectivity index (χ1) is 7.79. The molecule has 2 aromatic heterocycles. The van der Waals surface area contributed by atoms with Crippen molar-refractivity contribution in [2.75, 3.05) is 7.05 Å². The van der Waals surface area contributed by atoms with Gasteiger partial charge in [0.2, 0.25) is 0 Å². The second-order valence-electron chi connectivity index (χ2n) is 3.41. The van der Waals surface area contributed by atoms with Crippen LogP contribution in [0, 0.1) is 0 Å². The second kappa shape index (κ2) is 4.75. The predicted molar refractivity (Wildman–Crippen MR) is 56.3 cm³/mol. The SMILES string of the molecule is CNC(Cc1nnn(C)n1)c1cncnc1. The lowest BCUT2D eigenvalue weighted by atomic mass is 10.1. The minimum Gasteiger partial charge on any atom is -0.313 e. The normalized spacial score (nSPS) is 12.6. The highest BCUT2D eigenvalue weighted by molar-refractivity contribution is 5.10. The molecule has 2 aromatic rings. The van der Waals surface area contributed by atoms with E-state index in [2.05, 4.69) is 30.7 Å². The van der Waals surface area contributed by atoms with E-state index in [9.17, 15) is 0 Å². The van der Waals surface area contributed by atoms with Crippen LogP contribution in [0.4, 0.5) is 0 Å². The fraction of sp³-hybridized carbons (Fsp3) is 0.444. The summed E-state index contributed by atoms with van der Waals surface area (Å²) in [7, 11) is 3.63. The minimum absolute atomic E-state index is 0.102. The van der Waals surface area contributed by atoms with Crippen LogP contribution in [0.2, 0.25) is 0 Å². The quantitative estimate of drug-likeness (QED) is 0.746. The van der Waals surface area contributed by atoms with Crippen LogP contribution in [0.5, 0.6) is 0 Å². The average Bonchev–Trinajstić information content (AvgIpc) is 2.73. The average molecular weight is 219 g/mol. The molecule has 7 nitrogen and oxygen atoms in total. The second-order valence-corrected chi connectivity index (χ2v) is 3.41. The van der Waals surface area contributed by atoms with Crippen molar-refractivity contribution in [1.82, 2.24) is 35.5 Å². The summed E-state index contributed by atoms with van der Waals surface area (Å²) in [6.45, 7) is 0. The predicted octanol–water partition coefficient (Wildman–Crippen LogP) is -0.497. The standard InChI is InChI=1S/C9H13N7/c1-10-8(7-4-11-6-12-5-7)3-9-13-15-16(2)14-9/h4-6,8,10H,3H2,1-2H3. The molecule has 0 amide bonds. The topological polar surface area (TPSA) is 81.4 Å². The van der Waals surface area contributed by atoms with Gasteiger partial charge in [0, 0.05) is 30.4 Å². The van der Waals surface area contributed by atoms with Gasteiger partial charge < -0.3 is 5.32 Å². The molecule has 0 saturated carbocycles. The molecule has 1 atom stereocenters. The molecule has 16 heavy (non-hydrogen) atoms. The summed E-state index contributed by atoms with van der Waals surface area (Å²) < 4.78 is 0. The first kappa shape index (κ1) is 10.6. The van der Waals surface area contributed by atoms with E-state index in [4.69, 9.17) is 0 Å². The summed E-state index contributed by atoms with van der Waals surface area (Å²) in [6.07, 6.45) is 5.74. The molecular weight excluding hydrogens is 206 g/mol. The molecule has 1 N–H and O–H groups in total. The lowest BCUT2D eigenvalue weighted by Gasteiger charge is -2.12. The molecule has 0 spiro atoms. The van der Waals surface area contributed by atoms with Gasteiger partial charge in [-0.2, -0.15) is 4.80 Å².